The highest BCUT2D eigenvalue weighted by Gasteiger charge is 2.25. The molecule has 8 nitrogen and oxygen atoms in total. The lowest BCUT2D eigenvalue weighted by atomic mass is 9.88. The third-order valence-electron chi connectivity index (χ3n) is 4.05. The molecule has 0 aliphatic carbocycles. The Bertz CT molecular complexity index is 281. The van der Waals surface area contributed by atoms with Gasteiger partial charge in [-0.3, -0.25) is 0 Å². The Balaban J connectivity index is -0.000000293. The minimum Gasteiger partial charge on any atom is -0.466 e. The van der Waals surface area contributed by atoms with Crippen LogP contribution in [0.15, 0.2) is 12.2 Å². The van der Waals surface area contributed by atoms with E-state index >= 15 is 0 Å². The van der Waals surface area contributed by atoms with E-state index in [2.05, 4.69) is 11.3 Å². The average molecular weight is 368 g/mol. The number of aliphatic hydroxyl groups is 6. The first kappa shape index (κ1) is 28.8. The summed E-state index contributed by atoms with van der Waals surface area (Å²) in [7, 11) is 1.33. The van der Waals surface area contributed by atoms with Crippen molar-refractivity contribution in [2.75, 3.05) is 46.8 Å². The number of methoxy groups -OCH3 is 1. The van der Waals surface area contributed by atoms with Gasteiger partial charge in [0.2, 0.25) is 0 Å². The number of rotatable bonds is 9. The van der Waals surface area contributed by atoms with Gasteiger partial charge in [0.15, 0.2) is 0 Å². The van der Waals surface area contributed by atoms with Crippen LogP contribution >= 0.6 is 0 Å². The Morgan fingerprint density at radius 1 is 0.800 bits per heavy atom. The van der Waals surface area contributed by atoms with Crippen LogP contribution in [-0.2, 0) is 9.53 Å². The van der Waals surface area contributed by atoms with Crippen LogP contribution in [0, 0.1) is 10.8 Å². The molecule has 0 bridgehead atoms. The average Bonchev–Trinajstić information content (AvgIpc) is 2.66. The van der Waals surface area contributed by atoms with E-state index in [9.17, 15) is 4.79 Å². The predicted molar refractivity (Wildman–Crippen MR) is 94.8 cm³/mol. The van der Waals surface area contributed by atoms with Crippen LogP contribution in [0.4, 0.5) is 0 Å². The number of hydrogen-bond donors (Lipinski definition) is 6. The fourth-order valence-electron chi connectivity index (χ4n) is 1.15. The maximum atomic E-state index is 10.2. The smallest absolute Gasteiger partial charge is 0.332 e. The predicted octanol–water partition coefficient (Wildman–Crippen LogP) is -0.545. The van der Waals surface area contributed by atoms with Crippen LogP contribution in [0.25, 0.3) is 0 Å². The van der Waals surface area contributed by atoms with E-state index in [4.69, 9.17) is 30.6 Å². The third-order valence-corrected chi connectivity index (χ3v) is 4.05. The molecule has 25 heavy (non-hydrogen) atoms. The van der Waals surface area contributed by atoms with E-state index in [0.717, 1.165) is 0 Å². The van der Waals surface area contributed by atoms with E-state index < -0.39 is 10.8 Å². The van der Waals surface area contributed by atoms with Gasteiger partial charge < -0.3 is 35.4 Å². The molecule has 0 radical (unpaired) electrons. The molecule has 0 unspecified atom stereocenters. The van der Waals surface area contributed by atoms with Gasteiger partial charge in [-0.05, 0) is 19.8 Å². The summed E-state index contributed by atoms with van der Waals surface area (Å²) in [6.07, 6.45) is 1.19. The highest BCUT2D eigenvalue weighted by molar-refractivity contribution is 5.86. The maximum Gasteiger partial charge on any atom is 0.332 e. The number of aliphatic hydroxyl groups excluding tert-OH is 6. The molecule has 0 rings (SSSR count). The molecule has 0 saturated heterocycles. The van der Waals surface area contributed by atoms with Crippen molar-refractivity contribution in [1.82, 2.24) is 0 Å². The maximum absolute atomic E-state index is 10.2. The minimum absolute atomic E-state index is 0.156. The van der Waals surface area contributed by atoms with Crippen LogP contribution in [0.1, 0.15) is 33.6 Å². The van der Waals surface area contributed by atoms with Crippen molar-refractivity contribution in [2.45, 2.75) is 33.6 Å². The van der Waals surface area contributed by atoms with Gasteiger partial charge in [-0.25, -0.2) is 4.79 Å². The molecule has 0 spiro atoms. The first-order chi connectivity index (χ1) is 11.7. The van der Waals surface area contributed by atoms with Gasteiger partial charge in [-0.2, -0.15) is 0 Å². The lowest BCUT2D eigenvalue weighted by Crippen LogP contribution is -2.32. The van der Waals surface area contributed by atoms with Crippen molar-refractivity contribution in [1.29, 1.82) is 0 Å². The summed E-state index contributed by atoms with van der Waals surface area (Å²) in [5.74, 6) is -0.347. The van der Waals surface area contributed by atoms with Gasteiger partial charge in [-0.15, -0.1) is 0 Å². The zero-order valence-electron chi connectivity index (χ0n) is 15.9. The topological polar surface area (TPSA) is 148 Å². The molecule has 0 heterocycles. The molecular formula is C17H36O8. The number of carbonyl (C=O) groups is 1. The highest BCUT2D eigenvalue weighted by Crippen LogP contribution is 2.18. The van der Waals surface area contributed by atoms with E-state index in [0.29, 0.717) is 18.4 Å². The quantitative estimate of drug-likeness (QED) is 0.235. The molecule has 152 valence electrons. The normalized spacial score (nSPS) is 10.8. The minimum atomic E-state index is -0.667. The molecule has 0 aromatic heterocycles. The summed E-state index contributed by atoms with van der Waals surface area (Å²) in [6.45, 7) is 7.66. The Morgan fingerprint density at radius 3 is 1.04 bits per heavy atom. The van der Waals surface area contributed by atoms with Gasteiger partial charge >= 0.3 is 5.97 Å². The largest absolute Gasteiger partial charge is 0.466 e. The standard InChI is InChI=1S/2C6H14O3.C5H8O2/c2*1-2-6(3-7,4-8)5-9;1-4(2)5(6)7-3/h2*7-9H,2-5H2,1H3;1H2,2-3H3. The van der Waals surface area contributed by atoms with Crippen LogP contribution in [0.5, 0.6) is 0 Å². The van der Waals surface area contributed by atoms with Gasteiger partial charge in [-0.1, -0.05) is 20.4 Å². The van der Waals surface area contributed by atoms with Crippen LogP contribution in [-0.4, -0.2) is 83.4 Å². The summed E-state index contributed by atoms with van der Waals surface area (Å²) in [4.78, 5) is 10.2. The molecule has 0 atom stereocenters. The molecule has 0 amide bonds. The Hall–Kier alpha value is -1.03. The second kappa shape index (κ2) is 16.4. The number of hydrogen-bond acceptors (Lipinski definition) is 8. The van der Waals surface area contributed by atoms with Crippen molar-refractivity contribution in [3.8, 4) is 0 Å². The summed E-state index contributed by atoms with van der Waals surface area (Å²) in [6, 6.07) is 0. The van der Waals surface area contributed by atoms with Gasteiger partial charge in [0.05, 0.1) is 46.8 Å². The Morgan fingerprint density at radius 2 is 1.04 bits per heavy atom. The van der Waals surface area contributed by atoms with E-state index in [1.807, 2.05) is 13.8 Å². The van der Waals surface area contributed by atoms with E-state index in [-0.39, 0.29) is 45.6 Å². The summed E-state index contributed by atoms with van der Waals surface area (Å²) in [5.41, 5.74) is -0.900. The lowest BCUT2D eigenvalue weighted by Gasteiger charge is -2.24. The van der Waals surface area contributed by atoms with Crippen LogP contribution in [0.3, 0.4) is 0 Å². The van der Waals surface area contributed by atoms with Crippen LogP contribution in [0.2, 0.25) is 0 Å². The molecule has 0 aliphatic heterocycles. The number of ether oxygens (including phenoxy) is 1. The Kier molecular flexibility index (Phi) is 18.9. The fraction of sp³-hybridized carbons (Fsp3) is 0.824. The number of esters is 1. The van der Waals surface area contributed by atoms with Gasteiger partial charge in [0.25, 0.3) is 0 Å². The number of carbonyl (C=O) groups excluding carboxylic acids is 1. The first-order valence-corrected chi connectivity index (χ1v) is 8.06. The molecule has 0 fully saturated rings. The monoisotopic (exact) mass is 368 g/mol. The summed E-state index contributed by atoms with van der Waals surface area (Å²) < 4.78 is 4.27. The highest BCUT2D eigenvalue weighted by atomic mass is 16.5. The molecule has 0 aromatic rings. The van der Waals surface area contributed by atoms with Crippen LogP contribution < -0.4 is 0 Å². The Labute approximate surface area is 150 Å². The lowest BCUT2D eigenvalue weighted by molar-refractivity contribution is -0.136. The van der Waals surface area contributed by atoms with Crippen molar-refractivity contribution < 1.29 is 40.2 Å². The zero-order valence-corrected chi connectivity index (χ0v) is 15.9. The van der Waals surface area contributed by atoms with Crippen molar-refractivity contribution in [2.24, 2.45) is 10.8 Å². The molecule has 0 aromatic carbocycles. The molecule has 0 saturated carbocycles. The molecular weight excluding hydrogens is 332 g/mol. The van der Waals surface area contributed by atoms with Crippen molar-refractivity contribution in [3.05, 3.63) is 12.2 Å². The van der Waals surface area contributed by atoms with Crippen molar-refractivity contribution in [3.63, 3.8) is 0 Å². The van der Waals surface area contributed by atoms with E-state index in [1.165, 1.54) is 7.11 Å². The second-order valence-corrected chi connectivity index (χ2v) is 5.93. The van der Waals surface area contributed by atoms with Crippen molar-refractivity contribution >= 4 is 5.97 Å². The van der Waals surface area contributed by atoms with Gasteiger partial charge in [0, 0.05) is 16.4 Å². The SMILES string of the molecule is C=C(C)C(=O)OC.CCC(CO)(CO)CO.CCC(CO)(CO)CO. The second-order valence-electron chi connectivity index (χ2n) is 5.93. The summed E-state index contributed by atoms with van der Waals surface area (Å²) >= 11 is 0. The van der Waals surface area contributed by atoms with E-state index in [1.54, 1.807) is 6.92 Å². The van der Waals surface area contributed by atoms with Gasteiger partial charge in [0.1, 0.15) is 0 Å². The molecule has 0 aliphatic rings. The third kappa shape index (κ3) is 12.0. The first-order valence-electron chi connectivity index (χ1n) is 8.06. The molecule has 6 N–H and O–H groups in total. The zero-order chi connectivity index (χ0) is 20.5. The molecule has 8 heteroatoms. The summed E-state index contributed by atoms with van der Waals surface area (Å²) in [5, 5.41) is 51.9. The fourth-order valence-corrected chi connectivity index (χ4v) is 1.15.